The molecule has 6 aromatic carbocycles. The Hall–Kier alpha value is -2.40. The molecule has 0 spiro atoms. The van der Waals surface area contributed by atoms with E-state index in [4.69, 9.17) is 38.8 Å². The van der Waals surface area contributed by atoms with E-state index in [-0.39, 0.29) is 79.5 Å². The topological polar surface area (TPSA) is 15.3 Å². The van der Waals surface area contributed by atoms with Gasteiger partial charge in [0.15, 0.2) is 0 Å². The molecule has 10 aliphatic rings. The van der Waals surface area contributed by atoms with E-state index in [1.807, 2.05) is 69.9 Å². The normalized spacial score (nSPS) is 19.6. The second-order valence-electron chi connectivity index (χ2n) is 53.5. The molecule has 0 bridgehead atoms. The Morgan fingerprint density at radius 3 is 0.639 bits per heavy atom. The first-order valence-electron chi connectivity index (χ1n) is 57.8. The molecule has 808 valence electrons. The third-order valence-corrected chi connectivity index (χ3v) is 51.2. The summed E-state index contributed by atoms with van der Waals surface area (Å²) in [6.45, 7) is 57.2. The Bertz CT molecular complexity index is 4370. The van der Waals surface area contributed by atoms with Crippen LogP contribution in [0.1, 0.15) is 511 Å². The van der Waals surface area contributed by atoms with Gasteiger partial charge in [-0.25, -0.2) is 9.13 Å². The Morgan fingerprint density at radius 2 is 0.451 bits per heavy atom. The Labute approximate surface area is 920 Å². The standard InChI is InChI=1S/2C31H45N2.3C18H33P.2C7H6.5ClH.2Ru/c2*1-28(2,3)22-15-23(29(4,5)6)18-26(17-22)32-13-14-33(21-32)27-19-24(30(7,8)9)16-25(20-27)31(10,11)12;3*1-4-10-16(11-5-1)19(17-12-6-2-7-13-17)18-14-8-3-9-15-18;2*1-7-5-3-2-4-6-7;;;;;;;/h2*13-21H,1-12H3;3*16-18H,1-15H2;2*1-6H;5*1H;;/q-1;+1;;;;;;;;;;;2*+2/p-2. The summed E-state index contributed by atoms with van der Waals surface area (Å²) >= 11 is -3.23. The molecule has 0 atom stereocenters. The molecular weight excluding hydrogens is 2090 g/mol. The van der Waals surface area contributed by atoms with Crippen molar-refractivity contribution in [2.75, 3.05) is 9.80 Å². The van der Waals surface area contributed by atoms with Crippen LogP contribution in [0.2, 0.25) is 0 Å². The Balaban J connectivity index is 0.000000179. The quantitative estimate of drug-likeness (QED) is 0.0440. The first-order valence-corrected chi connectivity index (χ1v) is 74.0. The molecule has 9 fully saturated rings. The van der Waals surface area contributed by atoms with Crippen molar-refractivity contribution in [3.63, 3.8) is 0 Å². The van der Waals surface area contributed by atoms with Gasteiger partial charge in [-0.15, -0.1) is 6.67 Å². The molecule has 4 nitrogen and oxygen atoms in total. The van der Waals surface area contributed by atoms with E-state index in [1.165, 1.54) is 118 Å². The maximum absolute atomic E-state index is 5.67. The van der Waals surface area contributed by atoms with Crippen LogP contribution in [0.15, 0.2) is 165 Å². The van der Waals surface area contributed by atoms with Gasteiger partial charge < -0.3 is 22.2 Å². The molecular formula is C130H204Cl5N4P3Ru2+2. The van der Waals surface area contributed by atoms with Crippen molar-refractivity contribution in [3.05, 3.63) is 227 Å². The van der Waals surface area contributed by atoms with Crippen LogP contribution in [-0.4, -0.2) is 64.7 Å². The number of benzene rings is 6. The number of nitrogens with zero attached hydrogens (tertiary/aromatic N) is 4. The van der Waals surface area contributed by atoms with Crippen LogP contribution >= 0.6 is 62.5 Å². The van der Waals surface area contributed by atoms with Crippen molar-refractivity contribution in [1.29, 1.82) is 0 Å². The predicted octanol–water partition coefficient (Wildman–Crippen LogP) is 37.9. The number of aromatic nitrogens is 2. The maximum atomic E-state index is 5.67. The minimum absolute atomic E-state index is 0. The molecule has 7 aromatic rings. The fraction of sp³-hybridized carbons (Fsp3) is 0.662. The zero-order valence-electron chi connectivity index (χ0n) is 95.2. The molecule has 9 saturated carbocycles. The molecule has 2 heterocycles. The van der Waals surface area contributed by atoms with Gasteiger partial charge in [0.1, 0.15) is 23.8 Å². The Morgan fingerprint density at radius 1 is 0.264 bits per heavy atom. The van der Waals surface area contributed by atoms with Gasteiger partial charge in [-0.05, 0) is 380 Å². The molecule has 14 heteroatoms. The van der Waals surface area contributed by atoms with Gasteiger partial charge in [-0.1, -0.05) is 248 Å². The summed E-state index contributed by atoms with van der Waals surface area (Å²) in [6, 6.07) is 48.0. The number of anilines is 2. The molecule has 1 aromatic heterocycles. The van der Waals surface area contributed by atoms with E-state index >= 15 is 0 Å². The second kappa shape index (κ2) is 58.4. The van der Waals surface area contributed by atoms with E-state index in [1.54, 1.807) is 289 Å². The first kappa shape index (κ1) is 123. The summed E-state index contributed by atoms with van der Waals surface area (Å²) in [6.07, 6.45) is 82.3. The first-order chi connectivity index (χ1) is 67.6. The van der Waals surface area contributed by atoms with Crippen LogP contribution < -0.4 is 26.8 Å². The molecule has 9 aliphatic carbocycles. The fourth-order valence-corrected chi connectivity index (χ4v) is 44.3. The van der Waals surface area contributed by atoms with Crippen LogP contribution in [0.25, 0.3) is 11.4 Å². The molecule has 1 aliphatic heterocycles. The van der Waals surface area contributed by atoms with Crippen LogP contribution in [0.4, 0.5) is 11.4 Å². The van der Waals surface area contributed by atoms with Crippen molar-refractivity contribution in [2.24, 2.45) is 0 Å². The summed E-state index contributed by atoms with van der Waals surface area (Å²) < 4.78 is 8.36. The van der Waals surface area contributed by atoms with Crippen molar-refractivity contribution in [1.82, 2.24) is 4.57 Å². The molecule has 0 N–H and O–H groups in total. The summed E-state index contributed by atoms with van der Waals surface area (Å²) in [5.41, 5.74) is 29.9. The summed E-state index contributed by atoms with van der Waals surface area (Å²) in [5.74, 6) is 0. The number of imidazole rings is 1. The predicted molar refractivity (Wildman–Crippen MR) is 642 cm³/mol. The third kappa shape index (κ3) is 39.8. The van der Waals surface area contributed by atoms with Gasteiger partial charge in [-0.2, -0.15) is 0 Å². The second-order valence-corrected chi connectivity index (χ2v) is 75.3. The summed E-state index contributed by atoms with van der Waals surface area (Å²) in [5, 5.41) is 0. The third-order valence-electron chi connectivity index (χ3n) is 33.7. The van der Waals surface area contributed by atoms with Crippen molar-refractivity contribution in [2.45, 2.75) is 549 Å². The number of hydrogen-bond acceptors (Lipinski definition) is 2. The number of halogens is 5. The van der Waals surface area contributed by atoms with E-state index in [2.05, 4.69) is 296 Å². The van der Waals surface area contributed by atoms with E-state index in [0.717, 1.165) is 11.1 Å². The van der Waals surface area contributed by atoms with Gasteiger partial charge >= 0.3 is 147 Å². The van der Waals surface area contributed by atoms with E-state index in [0.29, 0.717) is 0 Å². The van der Waals surface area contributed by atoms with Crippen LogP contribution in [0.3, 0.4) is 0 Å². The van der Waals surface area contributed by atoms with Gasteiger partial charge in [0.25, 0.3) is 6.33 Å². The fourth-order valence-electron chi connectivity index (χ4n) is 25.0. The number of hydrogen-bond donors (Lipinski definition) is 0. The van der Waals surface area contributed by atoms with Gasteiger partial charge in [0.2, 0.25) is 0 Å². The Kier molecular flexibility index (Phi) is 50.1. The minimum atomic E-state index is -1.61. The number of rotatable bonds is 15. The van der Waals surface area contributed by atoms with Gasteiger partial charge in [0.05, 0.1) is 50.9 Å². The average molecular weight is 2300 g/mol. The average Bonchev–Trinajstić information content (AvgIpc) is 1.70. The molecule has 17 rings (SSSR count). The summed E-state index contributed by atoms with van der Waals surface area (Å²) in [7, 11) is 22.5. The molecule has 0 unspecified atom stereocenters. The SMILES string of the molecule is C1CCC([PH+](C2CCCCC2)C2CCCCC2)CC1.C1CCC([PH+](C2CCCCC2)C2CCCCC2)CC1.C1CCC([PH+](C2CCCCC2)C2CCCCC2)CC1.CC(C)(C)c1cc(-n2cc[n+](-c3cc(C(C)(C)C)cc(C(C)(C)C)c3)c2)cc(C(C)(C)C)c1.CC(C)(C)c1cc(N2C=CN(c3cc(C(C)(C)C)cc(C(C)(C)C)c3)[CH-]2)cc(C(C)(C)C)c1.[Cl-].[Cl][Ru]([Cl])=[CH]c1ccccc1.[Cl][Ru]([Cl])=[CH]c1ccccc1. The van der Waals surface area contributed by atoms with Crippen LogP contribution in [-0.2, 0) is 70.4 Å². The molecule has 0 radical (unpaired) electrons. The van der Waals surface area contributed by atoms with E-state index < -0.39 is 27.0 Å². The van der Waals surface area contributed by atoms with Crippen LogP contribution in [0.5, 0.6) is 0 Å². The van der Waals surface area contributed by atoms with Crippen molar-refractivity contribution in [3.8, 4) is 11.4 Å². The molecule has 0 amide bonds. The van der Waals surface area contributed by atoms with Crippen LogP contribution in [0, 0.1) is 6.67 Å². The van der Waals surface area contributed by atoms with Crippen molar-refractivity contribution >= 4 is 83.1 Å². The van der Waals surface area contributed by atoms with Gasteiger partial charge in [-0.3, -0.25) is 0 Å². The zero-order valence-corrected chi connectivity index (χ0v) is 105. The monoisotopic (exact) mass is 2290 g/mol. The van der Waals surface area contributed by atoms with Gasteiger partial charge in [0, 0.05) is 35.1 Å². The van der Waals surface area contributed by atoms with E-state index in [9.17, 15) is 0 Å². The molecule has 144 heavy (non-hydrogen) atoms. The van der Waals surface area contributed by atoms with Crippen molar-refractivity contribution < 1.29 is 44.0 Å². The summed E-state index contributed by atoms with van der Waals surface area (Å²) in [4.78, 5) is 4.51. The molecule has 0 saturated heterocycles. The zero-order chi connectivity index (χ0) is 104.